The fraction of sp³-hybridized carbons (Fsp3) is 0.222. The van der Waals surface area contributed by atoms with Gasteiger partial charge in [-0.1, -0.05) is 30.3 Å². The molecule has 1 aliphatic heterocycles. The first-order valence-electron chi connectivity index (χ1n) is 7.73. The maximum Gasteiger partial charge on any atom is 0.238 e. The summed E-state index contributed by atoms with van der Waals surface area (Å²) in [4.78, 5) is 26.4. The summed E-state index contributed by atoms with van der Waals surface area (Å²) < 4.78 is 0. The number of para-hydroxylation sites is 1. The predicted molar refractivity (Wildman–Crippen MR) is 99.5 cm³/mol. The molecule has 24 heavy (non-hydrogen) atoms. The lowest BCUT2D eigenvalue weighted by molar-refractivity contribution is -0.123. The minimum absolute atomic E-state index is 0.0873. The molecule has 0 spiro atoms. The molecule has 0 bridgehead atoms. The van der Waals surface area contributed by atoms with Gasteiger partial charge in [-0.05, 0) is 24.3 Å². The maximum absolute atomic E-state index is 12.1. The molecule has 2 N–H and O–H groups in total. The molecule has 3 rings (SSSR count). The largest absolute Gasteiger partial charge is 0.355 e. The van der Waals surface area contributed by atoms with Gasteiger partial charge in [0.2, 0.25) is 11.8 Å². The SMILES string of the molecule is O=C(CC1Sc2ccccc2NC1=O)NCCSc1ccccc1. The van der Waals surface area contributed by atoms with Crippen molar-refractivity contribution >= 4 is 41.0 Å². The van der Waals surface area contributed by atoms with Crippen molar-refractivity contribution in [3.8, 4) is 0 Å². The van der Waals surface area contributed by atoms with E-state index in [9.17, 15) is 9.59 Å². The third-order valence-electron chi connectivity index (χ3n) is 3.51. The summed E-state index contributed by atoms with van der Waals surface area (Å²) in [5, 5.41) is 5.38. The molecule has 1 atom stereocenters. The van der Waals surface area contributed by atoms with E-state index in [1.165, 1.54) is 16.7 Å². The second kappa shape index (κ2) is 8.26. The Morgan fingerprint density at radius 2 is 1.88 bits per heavy atom. The Morgan fingerprint density at radius 3 is 2.71 bits per heavy atom. The third kappa shape index (κ3) is 4.55. The van der Waals surface area contributed by atoms with Gasteiger partial charge in [0.05, 0.1) is 10.9 Å². The highest BCUT2D eigenvalue weighted by Gasteiger charge is 2.28. The molecule has 2 aromatic rings. The van der Waals surface area contributed by atoms with Crippen molar-refractivity contribution in [3.05, 3.63) is 54.6 Å². The van der Waals surface area contributed by atoms with Crippen LogP contribution in [0.15, 0.2) is 64.4 Å². The van der Waals surface area contributed by atoms with Gasteiger partial charge in [-0.25, -0.2) is 0 Å². The number of hydrogen-bond donors (Lipinski definition) is 2. The molecule has 0 aromatic heterocycles. The topological polar surface area (TPSA) is 58.2 Å². The fourth-order valence-corrected chi connectivity index (χ4v) is 4.24. The summed E-state index contributed by atoms with van der Waals surface area (Å²) in [6, 6.07) is 17.7. The first-order valence-corrected chi connectivity index (χ1v) is 9.60. The minimum Gasteiger partial charge on any atom is -0.355 e. The van der Waals surface area contributed by atoms with Gasteiger partial charge in [0.25, 0.3) is 0 Å². The van der Waals surface area contributed by atoms with Crippen LogP contribution in [0.4, 0.5) is 5.69 Å². The molecule has 1 aliphatic rings. The first-order chi connectivity index (χ1) is 11.7. The molecule has 0 saturated heterocycles. The zero-order valence-electron chi connectivity index (χ0n) is 13.0. The molecule has 1 unspecified atom stereocenters. The van der Waals surface area contributed by atoms with Crippen molar-refractivity contribution < 1.29 is 9.59 Å². The quantitative estimate of drug-likeness (QED) is 0.614. The van der Waals surface area contributed by atoms with E-state index in [1.807, 2.05) is 54.6 Å². The van der Waals surface area contributed by atoms with E-state index < -0.39 is 0 Å². The van der Waals surface area contributed by atoms with Gasteiger partial charge in [-0.3, -0.25) is 9.59 Å². The van der Waals surface area contributed by atoms with Crippen molar-refractivity contribution in [1.82, 2.24) is 5.32 Å². The Morgan fingerprint density at radius 1 is 1.12 bits per heavy atom. The number of rotatable bonds is 6. The van der Waals surface area contributed by atoms with E-state index in [-0.39, 0.29) is 23.5 Å². The van der Waals surface area contributed by atoms with Crippen LogP contribution in [0.3, 0.4) is 0 Å². The molecule has 1 heterocycles. The molecule has 4 nitrogen and oxygen atoms in total. The summed E-state index contributed by atoms with van der Waals surface area (Å²) in [6.45, 7) is 0.591. The number of amides is 2. The van der Waals surface area contributed by atoms with Crippen molar-refractivity contribution in [2.45, 2.75) is 21.5 Å². The lowest BCUT2D eigenvalue weighted by Crippen LogP contribution is -2.35. The molecule has 6 heteroatoms. The summed E-state index contributed by atoms with van der Waals surface area (Å²) >= 11 is 3.15. The lowest BCUT2D eigenvalue weighted by atomic mass is 10.2. The van der Waals surface area contributed by atoms with Crippen molar-refractivity contribution in [3.63, 3.8) is 0 Å². The first kappa shape index (κ1) is 16.9. The Labute approximate surface area is 149 Å². The van der Waals surface area contributed by atoms with Crippen molar-refractivity contribution in [2.75, 3.05) is 17.6 Å². The Hall–Kier alpha value is -1.92. The van der Waals surface area contributed by atoms with E-state index in [2.05, 4.69) is 10.6 Å². The van der Waals surface area contributed by atoms with Crippen LogP contribution in [-0.4, -0.2) is 29.4 Å². The van der Waals surface area contributed by atoms with Gasteiger partial charge in [-0.2, -0.15) is 0 Å². The molecule has 0 aliphatic carbocycles. The molecule has 0 saturated carbocycles. The number of carbonyl (C=O) groups excluding carboxylic acids is 2. The average Bonchev–Trinajstić information content (AvgIpc) is 2.60. The lowest BCUT2D eigenvalue weighted by Gasteiger charge is -2.23. The summed E-state index contributed by atoms with van der Waals surface area (Å²) in [5.74, 6) is 0.617. The zero-order valence-corrected chi connectivity index (χ0v) is 14.7. The van der Waals surface area contributed by atoms with Crippen LogP contribution in [0.1, 0.15) is 6.42 Å². The number of anilines is 1. The molecule has 0 fully saturated rings. The molecular formula is C18H18N2O2S2. The van der Waals surface area contributed by atoms with E-state index in [0.29, 0.717) is 6.54 Å². The average molecular weight is 358 g/mol. The highest BCUT2D eigenvalue weighted by molar-refractivity contribution is 8.01. The van der Waals surface area contributed by atoms with Crippen LogP contribution < -0.4 is 10.6 Å². The number of benzene rings is 2. The minimum atomic E-state index is -0.373. The number of hydrogen-bond acceptors (Lipinski definition) is 4. The number of thioether (sulfide) groups is 2. The van der Waals surface area contributed by atoms with E-state index in [1.54, 1.807) is 11.8 Å². The molecule has 2 aromatic carbocycles. The molecular weight excluding hydrogens is 340 g/mol. The second-order valence-electron chi connectivity index (χ2n) is 5.31. The van der Waals surface area contributed by atoms with Gasteiger partial charge >= 0.3 is 0 Å². The normalized spacial score (nSPS) is 16.2. The van der Waals surface area contributed by atoms with E-state index >= 15 is 0 Å². The highest BCUT2D eigenvalue weighted by atomic mass is 32.2. The van der Waals surface area contributed by atoms with Crippen LogP contribution in [0.5, 0.6) is 0 Å². The third-order valence-corrected chi connectivity index (χ3v) is 5.80. The Balaban J connectivity index is 1.43. The molecule has 0 radical (unpaired) electrons. The van der Waals surface area contributed by atoms with E-state index in [4.69, 9.17) is 0 Å². The monoisotopic (exact) mass is 358 g/mol. The zero-order chi connectivity index (χ0) is 16.8. The van der Waals surface area contributed by atoms with Crippen LogP contribution in [-0.2, 0) is 9.59 Å². The summed E-state index contributed by atoms with van der Waals surface area (Å²) in [6.07, 6.45) is 0.195. The smallest absolute Gasteiger partial charge is 0.238 e. The number of fused-ring (bicyclic) bond motifs is 1. The second-order valence-corrected chi connectivity index (χ2v) is 7.72. The van der Waals surface area contributed by atoms with Gasteiger partial charge in [0, 0.05) is 28.5 Å². The summed E-state index contributed by atoms with van der Waals surface area (Å²) in [5.41, 5.74) is 0.823. The van der Waals surface area contributed by atoms with Crippen LogP contribution in [0.2, 0.25) is 0 Å². The molecule has 124 valence electrons. The van der Waals surface area contributed by atoms with Crippen LogP contribution in [0, 0.1) is 0 Å². The standard InChI is InChI=1S/C18H18N2O2S2/c21-17(19-10-11-23-13-6-2-1-3-7-13)12-16-18(22)20-14-8-4-5-9-15(14)24-16/h1-9,16H,10-12H2,(H,19,21)(H,20,22). The van der Waals surface area contributed by atoms with Gasteiger partial charge < -0.3 is 10.6 Å². The van der Waals surface area contributed by atoms with Gasteiger partial charge in [0.1, 0.15) is 0 Å². The fourth-order valence-electron chi connectivity index (χ4n) is 2.34. The van der Waals surface area contributed by atoms with Gasteiger partial charge in [-0.15, -0.1) is 23.5 Å². The van der Waals surface area contributed by atoms with Gasteiger partial charge in [0.15, 0.2) is 0 Å². The summed E-state index contributed by atoms with van der Waals surface area (Å²) in [7, 11) is 0. The predicted octanol–water partition coefficient (Wildman–Crippen LogP) is 3.40. The Kier molecular flexibility index (Phi) is 5.82. The molecule has 2 amide bonds. The number of nitrogens with one attached hydrogen (secondary N) is 2. The van der Waals surface area contributed by atoms with Crippen molar-refractivity contribution in [2.24, 2.45) is 0 Å². The van der Waals surface area contributed by atoms with Crippen molar-refractivity contribution in [1.29, 1.82) is 0 Å². The van der Waals surface area contributed by atoms with E-state index in [0.717, 1.165) is 16.3 Å². The van der Waals surface area contributed by atoms with Crippen LogP contribution in [0.25, 0.3) is 0 Å². The number of carbonyl (C=O) groups is 2. The highest BCUT2D eigenvalue weighted by Crippen LogP contribution is 2.36. The van der Waals surface area contributed by atoms with Crippen LogP contribution >= 0.6 is 23.5 Å². The maximum atomic E-state index is 12.1. The Bertz CT molecular complexity index is 722.